The Morgan fingerprint density at radius 3 is 2.90 bits per heavy atom. The van der Waals surface area contributed by atoms with E-state index in [1.807, 2.05) is 10.3 Å². The van der Waals surface area contributed by atoms with Crippen molar-refractivity contribution in [3.05, 3.63) is 16.1 Å². The smallest absolute Gasteiger partial charge is 0.219 e. The fourth-order valence-electron chi connectivity index (χ4n) is 2.65. The zero-order valence-corrected chi connectivity index (χ0v) is 14.3. The SMILES string of the molecule is CC(=O)N1CCCN(CCCCc2nc(CCl)cs2)CC1. The first kappa shape index (κ1) is 16.7. The molecule has 0 radical (unpaired) electrons. The van der Waals surface area contributed by atoms with Crippen molar-refractivity contribution in [1.29, 1.82) is 0 Å². The van der Waals surface area contributed by atoms with Gasteiger partial charge in [-0.3, -0.25) is 4.79 Å². The monoisotopic (exact) mass is 329 g/mol. The molecule has 0 spiro atoms. The molecule has 0 atom stereocenters. The highest BCUT2D eigenvalue weighted by Crippen LogP contribution is 2.14. The van der Waals surface area contributed by atoms with Gasteiger partial charge in [-0.15, -0.1) is 22.9 Å². The predicted octanol–water partition coefficient (Wildman–Crippen LogP) is 2.76. The highest BCUT2D eigenvalue weighted by Gasteiger charge is 2.15. The second-order valence-corrected chi connectivity index (χ2v) is 6.73. The number of unbranched alkanes of at least 4 members (excludes halogenated alkanes) is 1. The largest absolute Gasteiger partial charge is 0.342 e. The van der Waals surface area contributed by atoms with Gasteiger partial charge >= 0.3 is 0 Å². The summed E-state index contributed by atoms with van der Waals surface area (Å²) in [5.41, 5.74) is 0.994. The van der Waals surface area contributed by atoms with Crippen LogP contribution in [0.15, 0.2) is 5.38 Å². The van der Waals surface area contributed by atoms with Crippen LogP contribution in [0.3, 0.4) is 0 Å². The summed E-state index contributed by atoms with van der Waals surface area (Å²) in [6, 6.07) is 0. The number of hydrogen-bond acceptors (Lipinski definition) is 4. The fraction of sp³-hybridized carbons (Fsp3) is 0.733. The van der Waals surface area contributed by atoms with E-state index in [2.05, 4.69) is 9.88 Å². The molecule has 0 unspecified atom stereocenters. The van der Waals surface area contributed by atoms with Crippen molar-refractivity contribution in [2.75, 3.05) is 32.7 Å². The van der Waals surface area contributed by atoms with Crippen LogP contribution in [0.25, 0.3) is 0 Å². The lowest BCUT2D eigenvalue weighted by Crippen LogP contribution is -2.33. The summed E-state index contributed by atoms with van der Waals surface area (Å²) in [6.07, 6.45) is 4.50. The van der Waals surface area contributed by atoms with Crippen LogP contribution in [0.5, 0.6) is 0 Å². The third-order valence-corrected chi connectivity index (χ3v) is 5.12. The lowest BCUT2D eigenvalue weighted by atomic mass is 10.2. The minimum Gasteiger partial charge on any atom is -0.342 e. The number of amides is 1. The van der Waals surface area contributed by atoms with E-state index in [1.165, 1.54) is 17.8 Å². The minimum atomic E-state index is 0.204. The molecule has 0 saturated carbocycles. The molecular weight excluding hydrogens is 306 g/mol. The van der Waals surface area contributed by atoms with E-state index in [1.54, 1.807) is 18.3 Å². The van der Waals surface area contributed by atoms with Gasteiger partial charge in [0, 0.05) is 31.9 Å². The van der Waals surface area contributed by atoms with Crippen LogP contribution in [0.1, 0.15) is 36.9 Å². The average molecular weight is 330 g/mol. The topological polar surface area (TPSA) is 36.4 Å². The number of carbonyl (C=O) groups is 1. The first-order valence-electron chi connectivity index (χ1n) is 7.66. The summed E-state index contributed by atoms with van der Waals surface area (Å²) in [5.74, 6) is 0.715. The van der Waals surface area contributed by atoms with Crippen LogP contribution >= 0.6 is 22.9 Å². The second kappa shape index (κ2) is 8.71. The minimum absolute atomic E-state index is 0.204. The molecule has 2 rings (SSSR count). The molecule has 0 aromatic carbocycles. The van der Waals surface area contributed by atoms with Crippen LogP contribution in [-0.4, -0.2) is 53.4 Å². The van der Waals surface area contributed by atoms with Gasteiger partial charge in [-0.05, 0) is 38.8 Å². The van der Waals surface area contributed by atoms with Crippen molar-refractivity contribution in [1.82, 2.24) is 14.8 Å². The maximum Gasteiger partial charge on any atom is 0.219 e. The Morgan fingerprint density at radius 1 is 1.33 bits per heavy atom. The van der Waals surface area contributed by atoms with E-state index in [9.17, 15) is 4.79 Å². The number of aromatic nitrogens is 1. The van der Waals surface area contributed by atoms with Crippen LogP contribution in [0.2, 0.25) is 0 Å². The van der Waals surface area contributed by atoms with Gasteiger partial charge in [0.15, 0.2) is 0 Å². The molecule has 1 aromatic heterocycles. The normalized spacial score (nSPS) is 17.0. The summed E-state index contributed by atoms with van der Waals surface area (Å²) in [7, 11) is 0. The number of carbonyl (C=O) groups excluding carboxylic acids is 1. The molecule has 1 amide bonds. The zero-order chi connectivity index (χ0) is 15.1. The third-order valence-electron chi connectivity index (χ3n) is 3.89. The highest BCUT2D eigenvalue weighted by atomic mass is 35.5. The molecule has 1 fully saturated rings. The van der Waals surface area contributed by atoms with Gasteiger partial charge in [-0.2, -0.15) is 0 Å². The summed E-state index contributed by atoms with van der Waals surface area (Å²) in [6.45, 7) is 6.69. The van der Waals surface area contributed by atoms with E-state index in [0.29, 0.717) is 5.88 Å². The van der Waals surface area contributed by atoms with Gasteiger partial charge in [-0.25, -0.2) is 4.98 Å². The molecule has 118 valence electrons. The van der Waals surface area contributed by atoms with E-state index >= 15 is 0 Å². The van der Waals surface area contributed by atoms with Crippen molar-refractivity contribution in [3.63, 3.8) is 0 Å². The Morgan fingerprint density at radius 2 is 2.19 bits per heavy atom. The summed E-state index contributed by atoms with van der Waals surface area (Å²) in [4.78, 5) is 20.3. The number of aryl methyl sites for hydroxylation is 1. The van der Waals surface area contributed by atoms with Crippen LogP contribution < -0.4 is 0 Å². The van der Waals surface area contributed by atoms with Crippen LogP contribution in [0.4, 0.5) is 0 Å². The first-order chi connectivity index (χ1) is 10.2. The third kappa shape index (κ3) is 5.57. The van der Waals surface area contributed by atoms with Crippen molar-refractivity contribution >= 4 is 28.8 Å². The maximum atomic E-state index is 11.4. The van der Waals surface area contributed by atoms with Crippen molar-refractivity contribution in [2.24, 2.45) is 0 Å². The van der Waals surface area contributed by atoms with E-state index in [0.717, 1.165) is 51.3 Å². The van der Waals surface area contributed by atoms with Crippen LogP contribution in [-0.2, 0) is 17.1 Å². The Balaban J connectivity index is 1.63. The van der Waals surface area contributed by atoms with Gasteiger partial charge in [0.05, 0.1) is 16.6 Å². The predicted molar refractivity (Wildman–Crippen MR) is 87.9 cm³/mol. The van der Waals surface area contributed by atoms with Gasteiger partial charge in [-0.1, -0.05) is 0 Å². The van der Waals surface area contributed by atoms with Crippen molar-refractivity contribution in [3.8, 4) is 0 Å². The molecule has 4 nitrogen and oxygen atoms in total. The van der Waals surface area contributed by atoms with E-state index in [4.69, 9.17) is 11.6 Å². The van der Waals surface area contributed by atoms with Gasteiger partial charge in [0.2, 0.25) is 5.91 Å². The second-order valence-electron chi connectivity index (χ2n) is 5.52. The summed E-state index contributed by atoms with van der Waals surface area (Å²) in [5, 5.41) is 3.25. The number of thiazole rings is 1. The lowest BCUT2D eigenvalue weighted by molar-refractivity contribution is -0.128. The quantitative estimate of drug-likeness (QED) is 0.595. The zero-order valence-electron chi connectivity index (χ0n) is 12.7. The average Bonchev–Trinajstić information content (AvgIpc) is 2.80. The van der Waals surface area contributed by atoms with Crippen molar-refractivity contribution < 1.29 is 4.79 Å². The Labute approximate surface area is 136 Å². The lowest BCUT2D eigenvalue weighted by Gasteiger charge is -2.20. The van der Waals surface area contributed by atoms with Crippen LogP contribution in [0, 0.1) is 0 Å². The molecule has 1 aliphatic rings. The molecule has 0 aliphatic carbocycles. The van der Waals surface area contributed by atoms with E-state index in [-0.39, 0.29) is 5.91 Å². The van der Waals surface area contributed by atoms with Gasteiger partial charge < -0.3 is 9.80 Å². The molecule has 1 aromatic rings. The van der Waals surface area contributed by atoms with Gasteiger partial charge in [0.25, 0.3) is 0 Å². The molecule has 0 N–H and O–H groups in total. The molecule has 21 heavy (non-hydrogen) atoms. The first-order valence-corrected chi connectivity index (χ1v) is 9.07. The molecule has 2 heterocycles. The Bertz CT molecular complexity index is 452. The number of hydrogen-bond donors (Lipinski definition) is 0. The molecule has 6 heteroatoms. The fourth-order valence-corrected chi connectivity index (χ4v) is 3.71. The number of rotatable bonds is 6. The number of halogens is 1. The van der Waals surface area contributed by atoms with Gasteiger partial charge in [0.1, 0.15) is 0 Å². The standard InChI is InChI=1S/C15H24ClN3OS/c1-13(20)19-8-4-7-18(9-10-19)6-3-2-5-15-17-14(11-16)12-21-15/h12H,2-11H2,1H3. The highest BCUT2D eigenvalue weighted by molar-refractivity contribution is 7.09. The summed E-state index contributed by atoms with van der Waals surface area (Å²) < 4.78 is 0. The van der Waals surface area contributed by atoms with E-state index < -0.39 is 0 Å². The number of alkyl halides is 1. The molecular formula is C15H24ClN3OS. The Kier molecular flexibility index (Phi) is 6.93. The molecule has 1 aliphatic heterocycles. The molecule has 1 saturated heterocycles. The number of nitrogens with zero attached hydrogens (tertiary/aromatic N) is 3. The maximum absolute atomic E-state index is 11.4. The Hall–Kier alpha value is -0.650. The molecule has 0 bridgehead atoms. The van der Waals surface area contributed by atoms with Crippen molar-refractivity contribution in [2.45, 2.75) is 38.5 Å². The summed E-state index contributed by atoms with van der Waals surface area (Å²) >= 11 is 7.48.